The van der Waals surface area contributed by atoms with Crippen LogP contribution in [0.2, 0.25) is 0 Å². The lowest BCUT2D eigenvalue weighted by molar-refractivity contribution is -0.140. The fourth-order valence-electron chi connectivity index (χ4n) is 2.32. The average molecular weight is 558 g/mol. The Bertz CT molecular complexity index is 875. The zero-order chi connectivity index (χ0) is 21.4. The predicted octanol–water partition coefficient (Wildman–Crippen LogP) is 3.83. The van der Waals surface area contributed by atoms with Gasteiger partial charge >= 0.3 is 12.1 Å². The quantitative estimate of drug-likeness (QED) is 0.233. The number of alkyl halides is 3. The predicted molar refractivity (Wildman–Crippen MR) is 119 cm³/mol. The number of thiazole rings is 1. The molecule has 0 radical (unpaired) electrons. The molecule has 0 aliphatic rings. The zero-order valence-corrected chi connectivity index (χ0v) is 19.6. The summed E-state index contributed by atoms with van der Waals surface area (Å²) < 4.78 is 47.8. The lowest BCUT2D eigenvalue weighted by atomic mass is 10.1. The number of hydrogen-bond acceptors (Lipinski definition) is 6. The molecule has 0 bridgehead atoms. The van der Waals surface area contributed by atoms with Gasteiger partial charge in [0.25, 0.3) is 0 Å². The first kappa shape index (κ1) is 25.9. The molecule has 2 N–H and O–H groups in total. The van der Waals surface area contributed by atoms with Gasteiger partial charge in [-0.3, -0.25) is 0 Å². The van der Waals surface area contributed by atoms with E-state index in [0.29, 0.717) is 23.3 Å². The summed E-state index contributed by atoms with van der Waals surface area (Å²) in [6.45, 7) is 2.76. The molecule has 1 heterocycles. The Morgan fingerprint density at radius 1 is 1.27 bits per heavy atom. The van der Waals surface area contributed by atoms with Crippen LogP contribution >= 0.6 is 35.3 Å². The molecular formula is C18H22F3IN4O3S. The fourth-order valence-corrected chi connectivity index (χ4v) is 3.06. The average Bonchev–Trinajstić information content (AvgIpc) is 3.19. The maximum absolute atomic E-state index is 12.6. The van der Waals surface area contributed by atoms with Gasteiger partial charge in [-0.15, -0.1) is 35.3 Å². The second kappa shape index (κ2) is 11.9. The summed E-state index contributed by atoms with van der Waals surface area (Å²) in [5.74, 6) is 0.271. The van der Waals surface area contributed by atoms with Crippen LogP contribution in [0.4, 0.5) is 13.2 Å². The fraction of sp³-hybridized carbons (Fsp3) is 0.389. The Morgan fingerprint density at radius 2 is 2.00 bits per heavy atom. The van der Waals surface area contributed by atoms with Gasteiger partial charge in [-0.25, -0.2) is 14.8 Å². The molecule has 166 valence electrons. The number of aromatic nitrogens is 1. The number of guanidine groups is 1. The van der Waals surface area contributed by atoms with Crippen molar-refractivity contribution in [3.8, 4) is 5.75 Å². The molecule has 30 heavy (non-hydrogen) atoms. The van der Waals surface area contributed by atoms with Crippen LogP contribution in [0.15, 0.2) is 28.6 Å². The summed E-state index contributed by atoms with van der Waals surface area (Å²) in [6.07, 6.45) is -4.46. The normalized spacial score (nSPS) is 11.5. The maximum Gasteiger partial charge on any atom is 0.434 e. The third kappa shape index (κ3) is 7.31. The Morgan fingerprint density at radius 3 is 2.57 bits per heavy atom. The van der Waals surface area contributed by atoms with E-state index >= 15 is 0 Å². The topological polar surface area (TPSA) is 84.8 Å². The minimum atomic E-state index is -4.46. The van der Waals surface area contributed by atoms with Gasteiger partial charge in [0.2, 0.25) is 0 Å². The van der Waals surface area contributed by atoms with Crippen molar-refractivity contribution in [2.24, 2.45) is 4.99 Å². The largest absolute Gasteiger partial charge is 0.496 e. The van der Waals surface area contributed by atoms with Crippen LogP contribution in [0.5, 0.6) is 5.75 Å². The molecule has 12 heteroatoms. The summed E-state index contributed by atoms with van der Waals surface area (Å²) in [7, 11) is 2.73. The Hall–Kier alpha value is -2.09. The number of carbonyl (C=O) groups excluding carboxylic acids is 1. The van der Waals surface area contributed by atoms with Gasteiger partial charge in [0.1, 0.15) is 16.3 Å². The summed E-state index contributed by atoms with van der Waals surface area (Å²) in [5.41, 5.74) is 0.106. The van der Waals surface area contributed by atoms with E-state index in [4.69, 9.17) is 9.47 Å². The SMILES string of the molecule is CCNC(=NCc1ccc(OC)c(C(=O)OC)c1)NCc1nc(C(F)(F)F)cs1.I. The summed E-state index contributed by atoms with van der Waals surface area (Å²) in [4.78, 5) is 19.8. The molecule has 0 saturated heterocycles. The van der Waals surface area contributed by atoms with Crippen LogP contribution in [0.25, 0.3) is 0 Å². The standard InChI is InChI=1S/C18H21F3N4O3S.HI/c1-4-22-17(24-9-15-25-14(10-29-15)18(19,20)21)23-8-11-5-6-13(27-2)12(7-11)16(26)28-3;/h5-7,10H,4,8-9H2,1-3H3,(H2,22,23,24);1H. The molecule has 1 aromatic carbocycles. The molecule has 7 nitrogen and oxygen atoms in total. The number of methoxy groups -OCH3 is 2. The molecule has 0 amide bonds. The van der Waals surface area contributed by atoms with E-state index in [2.05, 4.69) is 20.6 Å². The minimum absolute atomic E-state index is 0. The third-order valence-electron chi connectivity index (χ3n) is 3.68. The van der Waals surface area contributed by atoms with E-state index < -0.39 is 17.8 Å². The first-order valence-electron chi connectivity index (χ1n) is 8.57. The first-order valence-corrected chi connectivity index (χ1v) is 9.45. The van der Waals surface area contributed by atoms with E-state index in [1.54, 1.807) is 18.2 Å². The Kier molecular flexibility index (Phi) is 10.3. The van der Waals surface area contributed by atoms with E-state index in [1.165, 1.54) is 14.2 Å². The van der Waals surface area contributed by atoms with Gasteiger partial charge in [0.05, 0.1) is 27.3 Å². The molecule has 0 unspecified atom stereocenters. The number of carbonyl (C=O) groups is 1. The van der Waals surface area contributed by atoms with Crippen molar-refractivity contribution >= 4 is 47.2 Å². The Labute approximate surface area is 193 Å². The molecule has 0 saturated carbocycles. The molecule has 0 fully saturated rings. The van der Waals surface area contributed by atoms with E-state index in [1.807, 2.05) is 6.92 Å². The molecule has 0 aliphatic carbocycles. The first-order chi connectivity index (χ1) is 13.8. The highest BCUT2D eigenvalue weighted by Gasteiger charge is 2.33. The number of aliphatic imine (C=N–C) groups is 1. The highest BCUT2D eigenvalue weighted by molar-refractivity contribution is 14.0. The maximum atomic E-state index is 12.6. The smallest absolute Gasteiger partial charge is 0.434 e. The second-order valence-corrected chi connectivity index (χ2v) is 6.64. The van der Waals surface area contributed by atoms with Crippen LogP contribution in [0, 0.1) is 0 Å². The van der Waals surface area contributed by atoms with E-state index in [-0.39, 0.29) is 42.6 Å². The van der Waals surface area contributed by atoms with Crippen LogP contribution in [0.1, 0.15) is 33.5 Å². The number of esters is 1. The lowest BCUT2D eigenvalue weighted by Crippen LogP contribution is -2.36. The number of nitrogens with one attached hydrogen (secondary N) is 2. The van der Waals surface area contributed by atoms with Gasteiger partial charge in [-0.1, -0.05) is 6.07 Å². The minimum Gasteiger partial charge on any atom is -0.496 e. The van der Waals surface area contributed by atoms with Crippen LogP contribution in [-0.2, 0) is 24.0 Å². The zero-order valence-electron chi connectivity index (χ0n) is 16.5. The van der Waals surface area contributed by atoms with Gasteiger partial charge in [-0.2, -0.15) is 13.2 Å². The molecule has 1 aromatic heterocycles. The van der Waals surface area contributed by atoms with E-state index in [0.717, 1.165) is 22.3 Å². The number of nitrogens with zero attached hydrogens (tertiary/aromatic N) is 2. The number of benzene rings is 1. The molecular weight excluding hydrogens is 536 g/mol. The van der Waals surface area contributed by atoms with Crippen molar-refractivity contribution < 1.29 is 27.4 Å². The molecule has 0 aliphatic heterocycles. The van der Waals surface area contributed by atoms with Gasteiger partial charge < -0.3 is 20.1 Å². The van der Waals surface area contributed by atoms with Gasteiger partial charge in [0, 0.05) is 11.9 Å². The monoisotopic (exact) mass is 558 g/mol. The van der Waals surface area contributed by atoms with Crippen molar-refractivity contribution in [3.05, 3.63) is 45.4 Å². The second-order valence-electron chi connectivity index (χ2n) is 5.70. The van der Waals surface area contributed by atoms with Gasteiger partial charge in [0.15, 0.2) is 11.7 Å². The number of rotatable bonds is 7. The summed E-state index contributed by atoms with van der Waals surface area (Å²) >= 11 is 0.921. The summed E-state index contributed by atoms with van der Waals surface area (Å²) in [6, 6.07) is 5.02. The molecule has 0 atom stereocenters. The van der Waals surface area contributed by atoms with E-state index in [9.17, 15) is 18.0 Å². The van der Waals surface area contributed by atoms with Gasteiger partial charge in [-0.05, 0) is 24.6 Å². The third-order valence-corrected chi connectivity index (χ3v) is 4.53. The number of hydrogen-bond donors (Lipinski definition) is 2. The lowest BCUT2D eigenvalue weighted by Gasteiger charge is -2.11. The van der Waals surface area contributed by atoms with Crippen LogP contribution in [0.3, 0.4) is 0 Å². The summed E-state index contributed by atoms with van der Waals surface area (Å²) in [5, 5.41) is 7.23. The van der Waals surface area contributed by atoms with Crippen molar-refractivity contribution in [2.45, 2.75) is 26.2 Å². The number of halogens is 4. The van der Waals surface area contributed by atoms with Crippen molar-refractivity contribution in [3.63, 3.8) is 0 Å². The molecule has 0 spiro atoms. The Balaban J connectivity index is 0.00000450. The number of ether oxygens (including phenoxy) is 2. The van der Waals surface area contributed by atoms with Crippen molar-refractivity contribution in [2.75, 3.05) is 20.8 Å². The van der Waals surface area contributed by atoms with Crippen LogP contribution in [-0.4, -0.2) is 37.7 Å². The van der Waals surface area contributed by atoms with Crippen LogP contribution < -0.4 is 15.4 Å². The van der Waals surface area contributed by atoms with Crippen molar-refractivity contribution in [1.29, 1.82) is 0 Å². The molecule has 2 rings (SSSR count). The highest BCUT2D eigenvalue weighted by Crippen LogP contribution is 2.29. The highest BCUT2D eigenvalue weighted by atomic mass is 127. The van der Waals surface area contributed by atoms with Crippen molar-refractivity contribution in [1.82, 2.24) is 15.6 Å². The molecule has 2 aromatic rings.